The molecule has 3 N–H and O–H groups in total. The lowest BCUT2D eigenvalue weighted by Gasteiger charge is -2.43. The van der Waals surface area contributed by atoms with Crippen LogP contribution in [0.25, 0.3) is 10.9 Å². The van der Waals surface area contributed by atoms with Gasteiger partial charge in [-0.15, -0.1) is 0 Å². The number of aliphatic hydroxyl groups excluding tert-OH is 1. The van der Waals surface area contributed by atoms with Crippen molar-refractivity contribution in [3.05, 3.63) is 77.5 Å². The fourth-order valence-corrected chi connectivity index (χ4v) is 5.81. The van der Waals surface area contributed by atoms with Gasteiger partial charge in [0.05, 0.1) is 19.3 Å². The number of para-hydroxylation sites is 1. The lowest BCUT2D eigenvalue weighted by atomic mass is 9.87. The first-order valence-electron chi connectivity index (χ1n) is 13.1. The van der Waals surface area contributed by atoms with Crippen LogP contribution in [0.2, 0.25) is 0 Å². The van der Waals surface area contributed by atoms with Crippen LogP contribution in [0.4, 0.5) is 23.2 Å². The number of aromatic nitrogens is 1. The topological polar surface area (TPSA) is 54.5 Å². The van der Waals surface area contributed by atoms with Crippen LogP contribution >= 0.6 is 0 Å². The Morgan fingerprint density at radius 3 is 2.58 bits per heavy atom. The number of aliphatic hydroxyl groups is 1. The molecule has 0 aliphatic carbocycles. The average molecular weight is 531 g/mol. The Hall–Kier alpha value is -2.88. The third kappa shape index (κ3) is 4.95. The molecule has 1 fully saturated rings. The van der Waals surface area contributed by atoms with Gasteiger partial charge in [0.15, 0.2) is 5.67 Å². The predicted octanol–water partition coefficient (Wildman–Crippen LogP) is 4.98. The molecule has 0 bridgehead atoms. The Morgan fingerprint density at radius 1 is 1.21 bits per heavy atom. The Balaban J connectivity index is 1.49. The van der Waals surface area contributed by atoms with Gasteiger partial charge in [-0.2, -0.15) is 0 Å². The molecule has 0 spiro atoms. The monoisotopic (exact) mass is 530 g/mol. The summed E-state index contributed by atoms with van der Waals surface area (Å²) in [6.07, 6.45) is 1.60. The Kier molecular flexibility index (Phi) is 7.53. The molecule has 3 atom stereocenters. The molecule has 2 aliphatic heterocycles. The first-order chi connectivity index (χ1) is 18.3. The van der Waals surface area contributed by atoms with Gasteiger partial charge in [0.2, 0.25) is 0 Å². The molecule has 1 unspecified atom stereocenters. The predicted molar refractivity (Wildman–Crippen MR) is 142 cm³/mol. The number of fused-ring (bicyclic) bond motifs is 3. The largest absolute Gasteiger partial charge is 0.393 e. The van der Waals surface area contributed by atoms with Crippen LogP contribution in [-0.2, 0) is 6.42 Å². The molecule has 5 nitrogen and oxygen atoms in total. The molecular formula is C29H34F4N4O. The van der Waals surface area contributed by atoms with Gasteiger partial charge < -0.3 is 20.3 Å². The second-order valence-corrected chi connectivity index (χ2v) is 10.6. The maximum atomic E-state index is 15.8. The fourth-order valence-electron chi connectivity index (χ4n) is 5.81. The summed E-state index contributed by atoms with van der Waals surface area (Å²) in [5.74, 6) is -1.40. The zero-order chi connectivity index (χ0) is 27.0. The number of rotatable bonds is 10. The number of aromatic amines is 1. The van der Waals surface area contributed by atoms with Crippen LogP contribution in [0.15, 0.2) is 49.1 Å². The molecule has 9 heteroatoms. The molecule has 204 valence electrons. The summed E-state index contributed by atoms with van der Waals surface area (Å²) in [4.78, 5) is 7.13. The van der Waals surface area contributed by atoms with E-state index in [1.807, 2.05) is 31.2 Å². The molecule has 0 saturated carbocycles. The lowest BCUT2D eigenvalue weighted by Crippen LogP contribution is -2.50. The van der Waals surface area contributed by atoms with Gasteiger partial charge in [0, 0.05) is 72.5 Å². The van der Waals surface area contributed by atoms with Crippen molar-refractivity contribution in [2.24, 2.45) is 5.92 Å². The maximum absolute atomic E-state index is 15.8. The smallest absolute Gasteiger partial charge is 0.164 e. The lowest BCUT2D eigenvalue weighted by molar-refractivity contribution is 0.0341. The number of alkyl halides is 2. The second kappa shape index (κ2) is 10.7. The molecule has 5 rings (SSSR count). The molecule has 0 amide bonds. The van der Waals surface area contributed by atoms with Crippen molar-refractivity contribution in [1.29, 1.82) is 0 Å². The van der Waals surface area contributed by atoms with E-state index in [0.29, 0.717) is 44.0 Å². The number of benzene rings is 2. The number of H-pyrrole nitrogens is 1. The van der Waals surface area contributed by atoms with Crippen molar-refractivity contribution in [3.63, 3.8) is 0 Å². The van der Waals surface area contributed by atoms with E-state index in [1.54, 1.807) is 4.90 Å². The van der Waals surface area contributed by atoms with Gasteiger partial charge in [-0.1, -0.05) is 30.9 Å². The van der Waals surface area contributed by atoms with E-state index in [4.69, 9.17) is 0 Å². The number of hydrogen-bond donors (Lipinski definition) is 3. The molecule has 0 radical (unpaired) electrons. The SMILES string of the molecule is C=CC(F)(CO)CN1[C@H](c2c(F)cc(NCCN3CC(CF)C3)cc2F)c2[nH]c3ccccc3c2C[C@H]1C. The van der Waals surface area contributed by atoms with E-state index < -0.39 is 30.0 Å². The summed E-state index contributed by atoms with van der Waals surface area (Å²) >= 11 is 0. The molecule has 3 aromatic rings. The minimum atomic E-state index is -2.14. The third-order valence-electron chi connectivity index (χ3n) is 7.95. The fraction of sp³-hybridized carbons (Fsp3) is 0.448. The van der Waals surface area contributed by atoms with E-state index in [2.05, 4.69) is 21.8 Å². The van der Waals surface area contributed by atoms with E-state index in [1.165, 1.54) is 12.1 Å². The summed E-state index contributed by atoms with van der Waals surface area (Å²) < 4.78 is 59.6. The van der Waals surface area contributed by atoms with E-state index in [0.717, 1.165) is 22.5 Å². The number of halogens is 4. The van der Waals surface area contributed by atoms with Crippen molar-refractivity contribution in [3.8, 4) is 0 Å². The van der Waals surface area contributed by atoms with Crippen molar-refractivity contribution in [2.45, 2.75) is 31.1 Å². The molecule has 1 aromatic heterocycles. The number of likely N-dealkylation sites (tertiary alicyclic amines) is 1. The highest BCUT2D eigenvalue weighted by atomic mass is 19.1. The highest BCUT2D eigenvalue weighted by Gasteiger charge is 2.42. The zero-order valence-electron chi connectivity index (χ0n) is 21.5. The number of nitrogens with zero attached hydrogens (tertiary/aromatic N) is 2. The minimum absolute atomic E-state index is 0.0783. The van der Waals surface area contributed by atoms with E-state index >= 15 is 13.2 Å². The Labute approximate surface area is 220 Å². The van der Waals surface area contributed by atoms with Gasteiger partial charge in [0.25, 0.3) is 0 Å². The second-order valence-electron chi connectivity index (χ2n) is 10.6. The van der Waals surface area contributed by atoms with Gasteiger partial charge in [-0.25, -0.2) is 13.2 Å². The number of hydrogen-bond acceptors (Lipinski definition) is 4. The van der Waals surface area contributed by atoms with Crippen LogP contribution in [0.1, 0.15) is 29.8 Å². The molecular weight excluding hydrogens is 496 g/mol. The van der Waals surface area contributed by atoms with Crippen LogP contribution in [0, 0.1) is 17.6 Å². The van der Waals surface area contributed by atoms with E-state index in [-0.39, 0.29) is 30.7 Å². The molecule has 2 aliphatic rings. The quantitative estimate of drug-likeness (QED) is 0.256. The summed E-state index contributed by atoms with van der Waals surface area (Å²) in [6, 6.07) is 9.00. The summed E-state index contributed by atoms with van der Waals surface area (Å²) in [5.41, 5.74) is 0.403. The third-order valence-corrected chi connectivity index (χ3v) is 7.95. The number of anilines is 1. The maximum Gasteiger partial charge on any atom is 0.164 e. The van der Waals surface area contributed by atoms with Crippen molar-refractivity contribution in [2.75, 3.05) is 51.3 Å². The summed E-state index contributed by atoms with van der Waals surface area (Å²) in [5, 5.41) is 13.8. The van der Waals surface area contributed by atoms with Crippen LogP contribution in [0.5, 0.6) is 0 Å². The van der Waals surface area contributed by atoms with Gasteiger partial charge in [0.1, 0.15) is 11.6 Å². The van der Waals surface area contributed by atoms with Crippen LogP contribution in [-0.4, -0.2) is 77.6 Å². The Bertz CT molecular complexity index is 1280. The van der Waals surface area contributed by atoms with Crippen molar-refractivity contribution >= 4 is 16.6 Å². The van der Waals surface area contributed by atoms with E-state index in [9.17, 15) is 9.50 Å². The number of nitrogens with one attached hydrogen (secondary N) is 2. The summed E-state index contributed by atoms with van der Waals surface area (Å²) in [6.45, 7) is 6.53. The highest BCUT2D eigenvalue weighted by molar-refractivity contribution is 5.85. The average Bonchev–Trinajstić information content (AvgIpc) is 3.24. The standard InChI is InChI=1S/C29H34F4N4O/c1-3-29(33,17-38)16-37-18(2)10-22-21-6-4-5-7-25(21)35-27(22)28(37)26-23(31)11-20(12-24(26)32)34-8-9-36-14-19(13-30)15-36/h3-7,11-12,18-19,28,34-35,38H,1,8-10,13-17H2,2H3/t18-,28-,29?/m1/s1. The molecule has 38 heavy (non-hydrogen) atoms. The first-order valence-corrected chi connectivity index (χ1v) is 13.1. The minimum Gasteiger partial charge on any atom is -0.393 e. The summed E-state index contributed by atoms with van der Waals surface area (Å²) in [7, 11) is 0. The highest BCUT2D eigenvalue weighted by Crippen LogP contribution is 2.43. The molecule has 3 heterocycles. The van der Waals surface area contributed by atoms with Gasteiger partial charge >= 0.3 is 0 Å². The molecule has 2 aromatic carbocycles. The molecule has 1 saturated heterocycles. The van der Waals surface area contributed by atoms with Crippen LogP contribution < -0.4 is 5.32 Å². The van der Waals surface area contributed by atoms with Gasteiger partial charge in [-0.05, 0) is 37.1 Å². The van der Waals surface area contributed by atoms with Crippen molar-refractivity contribution in [1.82, 2.24) is 14.8 Å². The normalized spacial score (nSPS) is 22.2. The van der Waals surface area contributed by atoms with Gasteiger partial charge in [-0.3, -0.25) is 9.29 Å². The Morgan fingerprint density at radius 2 is 1.92 bits per heavy atom. The zero-order valence-corrected chi connectivity index (χ0v) is 21.5. The first kappa shape index (κ1) is 26.7. The van der Waals surface area contributed by atoms with Crippen LogP contribution in [0.3, 0.4) is 0 Å². The van der Waals surface area contributed by atoms with Crippen molar-refractivity contribution < 1.29 is 22.7 Å².